The first kappa shape index (κ1) is 29.6. The van der Waals surface area contributed by atoms with E-state index in [-0.39, 0.29) is 5.78 Å². The maximum atomic E-state index is 12.6. The van der Waals surface area contributed by atoms with Crippen LogP contribution < -0.4 is 0 Å². The number of rotatable bonds is 20. The van der Waals surface area contributed by atoms with Gasteiger partial charge in [0.25, 0.3) is 0 Å². The van der Waals surface area contributed by atoms with Gasteiger partial charge < -0.3 is 13.9 Å². The van der Waals surface area contributed by atoms with Gasteiger partial charge in [0.05, 0.1) is 27.7 Å². The fraction of sp³-hybridized carbons (Fsp3) is 0.840. The standard InChI is InChI=1S/C25H50NO3P/c1-6-8-9-10-11-12-13-14-15-16-17-18-19-20-21-22-24-29-30(27,28)25(23-7-2)26(3,4)5/h12-13,18-19,25H,6-11,14-17,20-24H2,1-5H3/p+1. The molecule has 0 bridgehead atoms. The number of quaternary nitrogens is 1. The summed E-state index contributed by atoms with van der Waals surface area (Å²) in [5.41, 5.74) is 0. The van der Waals surface area contributed by atoms with E-state index in [2.05, 4.69) is 31.2 Å². The van der Waals surface area contributed by atoms with Crippen molar-refractivity contribution in [1.82, 2.24) is 0 Å². The minimum absolute atomic E-state index is 0.349. The molecule has 4 nitrogen and oxygen atoms in total. The monoisotopic (exact) mass is 444 g/mol. The Morgan fingerprint density at radius 2 is 1.23 bits per heavy atom. The van der Waals surface area contributed by atoms with Gasteiger partial charge in [-0.15, -0.1) is 0 Å². The minimum atomic E-state index is -3.58. The molecule has 0 fully saturated rings. The molecular formula is C25H51NO3P+. The molecule has 0 aliphatic heterocycles. The molecule has 0 aliphatic carbocycles. The van der Waals surface area contributed by atoms with E-state index in [0.29, 0.717) is 17.5 Å². The largest absolute Gasteiger partial charge is 0.385 e. The van der Waals surface area contributed by atoms with Gasteiger partial charge in [0.2, 0.25) is 0 Å². The molecular weight excluding hydrogens is 393 g/mol. The zero-order chi connectivity index (χ0) is 22.7. The van der Waals surface area contributed by atoms with Crippen LogP contribution in [0.15, 0.2) is 24.3 Å². The number of hydrogen-bond acceptors (Lipinski definition) is 2. The molecule has 30 heavy (non-hydrogen) atoms. The van der Waals surface area contributed by atoms with E-state index in [0.717, 1.165) is 32.1 Å². The quantitative estimate of drug-likeness (QED) is 0.0900. The lowest BCUT2D eigenvalue weighted by atomic mass is 10.1. The van der Waals surface area contributed by atoms with Crippen molar-refractivity contribution in [2.75, 3.05) is 27.7 Å². The van der Waals surface area contributed by atoms with E-state index < -0.39 is 7.60 Å². The summed E-state index contributed by atoms with van der Waals surface area (Å²) in [7, 11) is 2.30. The maximum absolute atomic E-state index is 12.6. The van der Waals surface area contributed by atoms with Crippen LogP contribution in [0.2, 0.25) is 0 Å². The molecule has 0 aliphatic rings. The summed E-state index contributed by atoms with van der Waals surface area (Å²) in [5, 5.41) is 0. The predicted octanol–water partition coefficient (Wildman–Crippen LogP) is 7.83. The Morgan fingerprint density at radius 1 is 0.767 bits per heavy atom. The molecule has 178 valence electrons. The van der Waals surface area contributed by atoms with Crippen LogP contribution in [0.5, 0.6) is 0 Å². The van der Waals surface area contributed by atoms with Crippen molar-refractivity contribution < 1.29 is 18.5 Å². The van der Waals surface area contributed by atoms with Crippen LogP contribution in [0.1, 0.15) is 104 Å². The summed E-state index contributed by atoms with van der Waals surface area (Å²) >= 11 is 0. The lowest BCUT2D eigenvalue weighted by Gasteiger charge is -2.35. The smallest absolute Gasteiger partial charge is 0.320 e. The average molecular weight is 445 g/mol. The molecule has 2 atom stereocenters. The molecule has 0 radical (unpaired) electrons. The number of hydrogen-bond donors (Lipinski definition) is 1. The third-order valence-electron chi connectivity index (χ3n) is 5.41. The van der Waals surface area contributed by atoms with Crippen molar-refractivity contribution in [3.63, 3.8) is 0 Å². The molecule has 1 N–H and O–H groups in total. The van der Waals surface area contributed by atoms with Crippen LogP contribution in [-0.2, 0) is 9.09 Å². The van der Waals surface area contributed by atoms with Crippen LogP contribution in [-0.4, -0.2) is 42.9 Å². The van der Waals surface area contributed by atoms with Crippen LogP contribution in [0.3, 0.4) is 0 Å². The van der Waals surface area contributed by atoms with Crippen molar-refractivity contribution in [2.45, 2.75) is 110 Å². The third kappa shape index (κ3) is 16.3. The predicted molar refractivity (Wildman–Crippen MR) is 132 cm³/mol. The first-order valence-corrected chi connectivity index (χ1v) is 14.0. The zero-order valence-corrected chi connectivity index (χ0v) is 21.5. The zero-order valence-electron chi connectivity index (χ0n) is 20.7. The highest BCUT2D eigenvalue weighted by molar-refractivity contribution is 7.53. The Labute approximate surface area is 187 Å². The summed E-state index contributed by atoms with van der Waals surface area (Å²) in [5.74, 6) is -0.349. The van der Waals surface area contributed by atoms with Gasteiger partial charge in [0.1, 0.15) is 0 Å². The second kappa shape index (κ2) is 18.2. The highest BCUT2D eigenvalue weighted by Crippen LogP contribution is 2.51. The molecule has 0 aromatic carbocycles. The molecule has 2 unspecified atom stereocenters. The maximum Gasteiger partial charge on any atom is 0.385 e. The highest BCUT2D eigenvalue weighted by atomic mass is 31.2. The van der Waals surface area contributed by atoms with Crippen LogP contribution in [0.25, 0.3) is 0 Å². The van der Waals surface area contributed by atoms with Crippen molar-refractivity contribution >= 4 is 7.60 Å². The van der Waals surface area contributed by atoms with Gasteiger partial charge >= 0.3 is 7.60 Å². The number of allylic oxidation sites excluding steroid dienone is 4. The van der Waals surface area contributed by atoms with Crippen LogP contribution in [0, 0.1) is 0 Å². The van der Waals surface area contributed by atoms with Gasteiger partial charge in [0, 0.05) is 6.42 Å². The van der Waals surface area contributed by atoms with Gasteiger partial charge in [0.15, 0.2) is 5.78 Å². The van der Waals surface area contributed by atoms with E-state index in [1.807, 2.05) is 28.1 Å². The molecule has 0 heterocycles. The molecule has 0 aromatic rings. The molecule has 0 rings (SSSR count). The molecule has 5 heteroatoms. The van der Waals surface area contributed by atoms with Gasteiger partial charge in [-0.25, -0.2) is 0 Å². The van der Waals surface area contributed by atoms with Gasteiger partial charge in [-0.2, -0.15) is 0 Å². The lowest BCUT2D eigenvalue weighted by molar-refractivity contribution is -0.883. The highest BCUT2D eigenvalue weighted by Gasteiger charge is 2.41. The van der Waals surface area contributed by atoms with Crippen molar-refractivity contribution in [3.8, 4) is 0 Å². The minimum Gasteiger partial charge on any atom is -0.320 e. The number of unbranched alkanes of at least 4 members (excludes halogenated alkanes) is 9. The molecule has 0 amide bonds. The van der Waals surface area contributed by atoms with E-state index >= 15 is 0 Å². The summed E-state index contributed by atoms with van der Waals surface area (Å²) in [6.45, 7) is 4.67. The van der Waals surface area contributed by atoms with E-state index in [1.54, 1.807) is 0 Å². The molecule has 0 saturated carbocycles. The van der Waals surface area contributed by atoms with Gasteiger partial charge in [-0.1, -0.05) is 57.4 Å². The lowest BCUT2D eigenvalue weighted by Crippen LogP contribution is -2.45. The number of nitrogens with zero attached hydrogens (tertiary/aromatic N) is 1. The Bertz CT molecular complexity index is 497. The third-order valence-corrected chi connectivity index (χ3v) is 7.67. The fourth-order valence-electron chi connectivity index (χ4n) is 3.58. The average Bonchev–Trinajstić information content (AvgIpc) is 2.67. The normalized spacial score (nSPS) is 15.8. The SMILES string of the molecule is CCCCCCC=CCCCCC=CCCCCOP(=O)(O)C(CCC)[N+](C)(C)C. The Hall–Kier alpha value is -0.410. The van der Waals surface area contributed by atoms with Crippen molar-refractivity contribution in [3.05, 3.63) is 24.3 Å². The van der Waals surface area contributed by atoms with Crippen molar-refractivity contribution in [1.29, 1.82) is 0 Å². The Balaban J connectivity index is 3.71. The molecule has 0 saturated heterocycles. The Kier molecular flexibility index (Phi) is 17.9. The second-order valence-electron chi connectivity index (χ2n) is 9.36. The second-order valence-corrected chi connectivity index (χ2v) is 11.3. The molecule has 0 spiro atoms. The summed E-state index contributed by atoms with van der Waals surface area (Å²) < 4.78 is 18.5. The first-order chi connectivity index (χ1) is 14.3. The topological polar surface area (TPSA) is 46.5 Å². The van der Waals surface area contributed by atoms with Gasteiger partial charge in [-0.3, -0.25) is 4.57 Å². The fourth-order valence-corrected chi connectivity index (χ4v) is 5.60. The van der Waals surface area contributed by atoms with Crippen LogP contribution in [0.4, 0.5) is 0 Å². The van der Waals surface area contributed by atoms with E-state index in [1.165, 1.54) is 51.4 Å². The first-order valence-electron chi connectivity index (χ1n) is 12.3. The van der Waals surface area contributed by atoms with Crippen LogP contribution >= 0.6 is 7.60 Å². The van der Waals surface area contributed by atoms with Gasteiger partial charge in [-0.05, 0) is 64.2 Å². The summed E-state index contributed by atoms with van der Waals surface area (Å²) in [6, 6.07) is 0. The Morgan fingerprint density at radius 3 is 1.67 bits per heavy atom. The summed E-state index contributed by atoms with van der Waals surface area (Å²) in [6.07, 6.45) is 25.1. The molecule has 0 aromatic heterocycles. The van der Waals surface area contributed by atoms with Crippen molar-refractivity contribution in [2.24, 2.45) is 0 Å². The van der Waals surface area contributed by atoms with E-state index in [4.69, 9.17) is 4.52 Å². The summed E-state index contributed by atoms with van der Waals surface area (Å²) in [4.78, 5) is 10.4. The van der Waals surface area contributed by atoms with E-state index in [9.17, 15) is 9.46 Å².